The topological polar surface area (TPSA) is 52.0 Å². The summed E-state index contributed by atoms with van der Waals surface area (Å²) in [7, 11) is 3.61. The highest BCUT2D eigenvalue weighted by Gasteiger charge is 2.13. The highest BCUT2D eigenvalue weighted by molar-refractivity contribution is 5.91. The Morgan fingerprint density at radius 2 is 1.83 bits per heavy atom. The SMILES string of the molecule is CCOc1ccccc1C[NH+](C)CC(=O)Nc1ccc(OC)cc1. The lowest BCUT2D eigenvalue weighted by Crippen LogP contribution is -3.08. The fourth-order valence-electron chi connectivity index (χ4n) is 2.49. The molecule has 0 saturated carbocycles. The molecule has 2 aromatic rings. The van der Waals surface area contributed by atoms with Crippen LogP contribution in [0, 0.1) is 0 Å². The summed E-state index contributed by atoms with van der Waals surface area (Å²) < 4.78 is 10.7. The lowest BCUT2D eigenvalue weighted by molar-refractivity contribution is -0.885. The fourth-order valence-corrected chi connectivity index (χ4v) is 2.49. The molecule has 2 aromatic carbocycles. The molecular weight excluding hydrogens is 304 g/mol. The van der Waals surface area contributed by atoms with Crippen molar-refractivity contribution >= 4 is 11.6 Å². The van der Waals surface area contributed by atoms with Gasteiger partial charge in [0.05, 0.1) is 20.8 Å². The smallest absolute Gasteiger partial charge is 0.279 e. The molecule has 1 unspecified atom stereocenters. The highest BCUT2D eigenvalue weighted by atomic mass is 16.5. The Hall–Kier alpha value is -2.53. The normalized spacial score (nSPS) is 11.6. The summed E-state index contributed by atoms with van der Waals surface area (Å²) in [5.41, 5.74) is 1.87. The third-order valence-corrected chi connectivity index (χ3v) is 3.60. The summed E-state index contributed by atoms with van der Waals surface area (Å²) in [5.74, 6) is 1.63. The number of quaternary nitrogens is 1. The van der Waals surface area contributed by atoms with Crippen LogP contribution in [0.2, 0.25) is 0 Å². The molecule has 0 saturated heterocycles. The first kappa shape index (κ1) is 17.8. The van der Waals surface area contributed by atoms with E-state index in [2.05, 4.69) is 5.32 Å². The van der Waals surface area contributed by atoms with Gasteiger partial charge in [0.2, 0.25) is 0 Å². The zero-order chi connectivity index (χ0) is 17.4. The Bertz CT molecular complexity index is 656. The molecule has 24 heavy (non-hydrogen) atoms. The Morgan fingerprint density at radius 1 is 1.12 bits per heavy atom. The second-order valence-corrected chi connectivity index (χ2v) is 5.63. The number of nitrogens with one attached hydrogen (secondary N) is 2. The van der Waals surface area contributed by atoms with Crippen LogP contribution in [-0.4, -0.2) is 33.2 Å². The molecule has 0 spiro atoms. The van der Waals surface area contributed by atoms with Crippen molar-refractivity contribution in [2.45, 2.75) is 13.5 Å². The molecule has 5 nitrogen and oxygen atoms in total. The first-order valence-corrected chi connectivity index (χ1v) is 8.08. The first-order chi connectivity index (χ1) is 11.6. The standard InChI is InChI=1S/C19H24N2O3/c1-4-24-18-8-6-5-7-15(18)13-21(2)14-19(22)20-16-9-11-17(23-3)12-10-16/h5-12H,4,13-14H2,1-3H3,(H,20,22)/p+1. The molecule has 0 aliphatic carbocycles. The number of hydrogen-bond donors (Lipinski definition) is 2. The number of methoxy groups -OCH3 is 1. The molecule has 0 radical (unpaired) electrons. The van der Waals surface area contributed by atoms with Crippen molar-refractivity contribution in [3.8, 4) is 11.5 Å². The number of hydrogen-bond acceptors (Lipinski definition) is 3. The summed E-state index contributed by atoms with van der Waals surface area (Å²) in [4.78, 5) is 13.3. The summed E-state index contributed by atoms with van der Waals surface area (Å²) >= 11 is 0. The maximum atomic E-state index is 12.2. The van der Waals surface area contributed by atoms with Crippen LogP contribution < -0.4 is 19.7 Å². The van der Waals surface area contributed by atoms with E-state index in [4.69, 9.17) is 9.47 Å². The Morgan fingerprint density at radius 3 is 2.50 bits per heavy atom. The van der Waals surface area contributed by atoms with Gasteiger partial charge in [0.15, 0.2) is 6.54 Å². The summed E-state index contributed by atoms with van der Waals surface area (Å²) in [6.45, 7) is 3.71. The number of para-hydroxylation sites is 1. The van der Waals surface area contributed by atoms with E-state index in [9.17, 15) is 4.79 Å². The van der Waals surface area contributed by atoms with Crippen LogP contribution in [0.1, 0.15) is 12.5 Å². The minimum atomic E-state index is -0.0217. The van der Waals surface area contributed by atoms with Gasteiger partial charge in [0, 0.05) is 11.3 Å². The van der Waals surface area contributed by atoms with Gasteiger partial charge >= 0.3 is 0 Å². The number of carbonyl (C=O) groups is 1. The van der Waals surface area contributed by atoms with Gasteiger partial charge in [0.25, 0.3) is 5.91 Å². The van der Waals surface area contributed by atoms with Crippen molar-refractivity contribution < 1.29 is 19.2 Å². The summed E-state index contributed by atoms with van der Waals surface area (Å²) in [6, 6.07) is 15.3. The summed E-state index contributed by atoms with van der Waals surface area (Å²) in [6.07, 6.45) is 0. The van der Waals surface area contributed by atoms with Crippen LogP contribution in [0.25, 0.3) is 0 Å². The van der Waals surface area contributed by atoms with Crippen molar-refractivity contribution in [1.82, 2.24) is 0 Å². The van der Waals surface area contributed by atoms with Crippen LogP contribution in [0.3, 0.4) is 0 Å². The van der Waals surface area contributed by atoms with Crippen molar-refractivity contribution in [1.29, 1.82) is 0 Å². The average molecular weight is 329 g/mol. The van der Waals surface area contributed by atoms with E-state index < -0.39 is 0 Å². The van der Waals surface area contributed by atoms with Crippen molar-refractivity contribution in [2.75, 3.05) is 32.6 Å². The molecule has 0 aliphatic rings. The lowest BCUT2D eigenvalue weighted by atomic mass is 10.2. The molecule has 0 aliphatic heterocycles. The van der Waals surface area contributed by atoms with Gasteiger partial charge in [0.1, 0.15) is 18.0 Å². The largest absolute Gasteiger partial charge is 0.497 e. The summed E-state index contributed by atoms with van der Waals surface area (Å²) in [5, 5.41) is 2.90. The van der Waals surface area contributed by atoms with Crippen LogP contribution in [-0.2, 0) is 11.3 Å². The monoisotopic (exact) mass is 329 g/mol. The van der Waals surface area contributed by atoms with Gasteiger partial charge in [-0.3, -0.25) is 4.79 Å². The zero-order valence-corrected chi connectivity index (χ0v) is 14.5. The molecule has 0 bridgehead atoms. The zero-order valence-electron chi connectivity index (χ0n) is 14.5. The molecule has 0 fully saturated rings. The van der Waals surface area contributed by atoms with E-state index in [1.165, 1.54) is 0 Å². The van der Waals surface area contributed by atoms with E-state index in [1.807, 2.05) is 62.5 Å². The molecule has 1 amide bonds. The van der Waals surface area contributed by atoms with Crippen molar-refractivity contribution in [3.63, 3.8) is 0 Å². The number of ether oxygens (including phenoxy) is 2. The Balaban J connectivity index is 1.89. The fraction of sp³-hybridized carbons (Fsp3) is 0.316. The predicted molar refractivity (Wildman–Crippen MR) is 94.7 cm³/mol. The highest BCUT2D eigenvalue weighted by Crippen LogP contribution is 2.17. The number of amides is 1. The molecule has 2 N–H and O–H groups in total. The maximum Gasteiger partial charge on any atom is 0.279 e. The quantitative estimate of drug-likeness (QED) is 0.776. The number of rotatable bonds is 8. The number of likely N-dealkylation sites (N-methyl/N-ethyl adjacent to an activating group) is 1. The molecule has 1 atom stereocenters. The maximum absolute atomic E-state index is 12.2. The van der Waals surface area contributed by atoms with Crippen LogP contribution in [0.4, 0.5) is 5.69 Å². The third-order valence-electron chi connectivity index (χ3n) is 3.60. The van der Waals surface area contributed by atoms with Crippen molar-refractivity contribution in [3.05, 3.63) is 54.1 Å². The van der Waals surface area contributed by atoms with Gasteiger partial charge in [-0.2, -0.15) is 0 Å². The minimum Gasteiger partial charge on any atom is -0.497 e. The number of carbonyl (C=O) groups excluding carboxylic acids is 1. The van der Waals surface area contributed by atoms with Gasteiger partial charge < -0.3 is 19.7 Å². The minimum absolute atomic E-state index is 0.0217. The molecule has 2 rings (SSSR count). The van der Waals surface area contributed by atoms with Gasteiger partial charge in [-0.1, -0.05) is 12.1 Å². The van der Waals surface area contributed by atoms with Gasteiger partial charge in [-0.25, -0.2) is 0 Å². The Labute approximate surface area is 143 Å². The van der Waals surface area contributed by atoms with Crippen molar-refractivity contribution in [2.24, 2.45) is 0 Å². The lowest BCUT2D eigenvalue weighted by Gasteiger charge is -2.16. The second-order valence-electron chi connectivity index (χ2n) is 5.63. The van der Waals surface area contributed by atoms with Crippen LogP contribution in [0.5, 0.6) is 11.5 Å². The second kappa shape index (κ2) is 8.93. The van der Waals surface area contributed by atoms with E-state index in [-0.39, 0.29) is 5.91 Å². The van der Waals surface area contributed by atoms with Crippen LogP contribution in [0.15, 0.2) is 48.5 Å². The molecule has 0 aromatic heterocycles. The molecule has 128 valence electrons. The average Bonchev–Trinajstić information content (AvgIpc) is 2.57. The predicted octanol–water partition coefficient (Wildman–Crippen LogP) is 1.75. The van der Waals surface area contributed by atoms with E-state index in [0.717, 1.165) is 34.2 Å². The number of benzene rings is 2. The van der Waals surface area contributed by atoms with E-state index >= 15 is 0 Å². The van der Waals surface area contributed by atoms with E-state index in [0.29, 0.717) is 13.2 Å². The molecule has 0 heterocycles. The van der Waals surface area contributed by atoms with Gasteiger partial charge in [-0.15, -0.1) is 0 Å². The van der Waals surface area contributed by atoms with Crippen LogP contribution >= 0.6 is 0 Å². The Kier molecular flexibility index (Phi) is 6.63. The number of anilines is 1. The van der Waals surface area contributed by atoms with Gasteiger partial charge in [-0.05, 0) is 43.3 Å². The first-order valence-electron chi connectivity index (χ1n) is 8.08. The molecular formula is C19H25N2O3+. The van der Waals surface area contributed by atoms with E-state index in [1.54, 1.807) is 7.11 Å². The third kappa shape index (κ3) is 5.28. The molecule has 5 heteroatoms.